The average molecular weight is 306 g/mol. The molecule has 1 rings (SSSR count). The lowest BCUT2D eigenvalue weighted by molar-refractivity contribution is -0.149. The smallest absolute Gasteiger partial charge is 0.408 e. The van der Waals surface area contributed by atoms with Crippen LogP contribution in [0.1, 0.15) is 33.6 Å². The molecule has 116 valence electrons. The van der Waals surface area contributed by atoms with E-state index in [-0.39, 0.29) is 24.3 Å². The van der Waals surface area contributed by atoms with Crippen molar-refractivity contribution < 1.29 is 23.3 Å². The van der Waals surface area contributed by atoms with Crippen molar-refractivity contribution in [1.29, 1.82) is 4.78 Å². The number of nitrogens with one attached hydrogen (secondary N) is 2. The Morgan fingerprint density at radius 3 is 2.15 bits per heavy atom. The van der Waals surface area contributed by atoms with Gasteiger partial charge in [-0.2, -0.15) is 0 Å². The summed E-state index contributed by atoms with van der Waals surface area (Å²) in [5, 5.41) is 2.53. The molecule has 1 amide bonds. The molecule has 2 N–H and O–H groups in total. The van der Waals surface area contributed by atoms with Crippen molar-refractivity contribution in [2.75, 3.05) is 18.6 Å². The van der Waals surface area contributed by atoms with Gasteiger partial charge in [-0.1, -0.05) is 0 Å². The minimum absolute atomic E-state index is 0.0535. The van der Waals surface area contributed by atoms with E-state index in [9.17, 15) is 13.8 Å². The minimum atomic E-state index is -2.67. The van der Waals surface area contributed by atoms with E-state index >= 15 is 0 Å². The van der Waals surface area contributed by atoms with Gasteiger partial charge in [0.25, 0.3) is 0 Å². The fraction of sp³-hybridized carbons (Fsp3) is 0.833. The summed E-state index contributed by atoms with van der Waals surface area (Å²) in [5.74, 6) is -0.492. The van der Waals surface area contributed by atoms with Crippen molar-refractivity contribution in [3.8, 4) is 0 Å². The Labute approximate surface area is 119 Å². The zero-order valence-corrected chi connectivity index (χ0v) is 13.1. The molecular weight excluding hydrogens is 284 g/mol. The first-order valence-corrected chi connectivity index (χ1v) is 8.23. The first-order valence-electron chi connectivity index (χ1n) is 6.33. The van der Waals surface area contributed by atoms with Crippen LogP contribution in [0.25, 0.3) is 0 Å². The highest BCUT2D eigenvalue weighted by Crippen LogP contribution is 2.26. The van der Waals surface area contributed by atoms with Crippen molar-refractivity contribution >= 4 is 21.8 Å². The summed E-state index contributed by atoms with van der Waals surface area (Å²) in [7, 11) is -1.44. The monoisotopic (exact) mass is 306 g/mol. The van der Waals surface area contributed by atoms with Crippen LogP contribution in [0.5, 0.6) is 0 Å². The lowest BCUT2D eigenvalue weighted by Crippen LogP contribution is -2.59. The van der Waals surface area contributed by atoms with E-state index in [0.29, 0.717) is 0 Å². The van der Waals surface area contributed by atoms with Gasteiger partial charge in [0.15, 0.2) is 0 Å². The molecule has 0 spiro atoms. The van der Waals surface area contributed by atoms with Gasteiger partial charge in [-0.25, -0.2) is 13.8 Å². The number of hydrogen-bond donors (Lipinski definition) is 2. The van der Waals surface area contributed by atoms with Crippen LogP contribution in [0.15, 0.2) is 0 Å². The van der Waals surface area contributed by atoms with Crippen molar-refractivity contribution in [3.63, 3.8) is 0 Å². The number of carbonyl (C=O) groups excluding carboxylic acids is 2. The van der Waals surface area contributed by atoms with E-state index in [2.05, 4.69) is 5.32 Å². The summed E-state index contributed by atoms with van der Waals surface area (Å²) in [6, 6.07) is 0. The first kappa shape index (κ1) is 16.7. The van der Waals surface area contributed by atoms with Crippen molar-refractivity contribution in [2.45, 2.75) is 44.8 Å². The van der Waals surface area contributed by atoms with Crippen LogP contribution in [-0.4, -0.2) is 46.0 Å². The number of ether oxygens (including phenoxy) is 2. The molecule has 0 saturated carbocycles. The number of carbonyl (C=O) groups is 2. The zero-order valence-electron chi connectivity index (χ0n) is 12.3. The lowest BCUT2D eigenvalue weighted by Gasteiger charge is -2.36. The van der Waals surface area contributed by atoms with Crippen molar-refractivity contribution in [1.82, 2.24) is 5.32 Å². The minimum Gasteiger partial charge on any atom is -0.467 e. The Morgan fingerprint density at radius 1 is 1.25 bits per heavy atom. The summed E-state index contributed by atoms with van der Waals surface area (Å²) < 4.78 is 29.1. The molecule has 1 aliphatic heterocycles. The molecule has 1 aliphatic rings. The molecule has 0 aromatic rings. The highest BCUT2D eigenvalue weighted by Gasteiger charge is 2.45. The third-order valence-electron chi connectivity index (χ3n) is 3.03. The Morgan fingerprint density at radius 2 is 1.75 bits per heavy atom. The number of amides is 1. The van der Waals surface area contributed by atoms with Crippen LogP contribution in [0.4, 0.5) is 4.79 Å². The summed E-state index contributed by atoms with van der Waals surface area (Å²) in [6.45, 7) is 5.15. The maximum Gasteiger partial charge on any atom is 0.408 e. The summed E-state index contributed by atoms with van der Waals surface area (Å²) in [5.41, 5.74) is -1.93. The zero-order chi connectivity index (χ0) is 15.6. The van der Waals surface area contributed by atoms with E-state index in [4.69, 9.17) is 14.3 Å². The standard InChI is InChI=1S/C12H22N2O5S/c1-11(2,3)19-10(16)14-12(9(15)18-4)5-7-20(13,17)8-6-12/h13H,5-8H2,1-4H3,(H,14,16). The highest BCUT2D eigenvalue weighted by molar-refractivity contribution is 7.92. The second-order valence-corrected chi connectivity index (χ2v) is 8.36. The fourth-order valence-electron chi connectivity index (χ4n) is 1.98. The van der Waals surface area contributed by atoms with E-state index in [0.717, 1.165) is 0 Å². The molecule has 20 heavy (non-hydrogen) atoms. The maximum atomic E-state index is 12.0. The van der Waals surface area contributed by atoms with Crippen LogP contribution >= 0.6 is 0 Å². The molecule has 1 fully saturated rings. The van der Waals surface area contributed by atoms with E-state index < -0.39 is 32.9 Å². The molecule has 1 saturated heterocycles. The molecule has 0 unspecified atom stereocenters. The Kier molecular flexibility index (Phi) is 4.68. The van der Waals surface area contributed by atoms with Gasteiger partial charge in [0.2, 0.25) is 0 Å². The van der Waals surface area contributed by atoms with Gasteiger partial charge < -0.3 is 14.8 Å². The van der Waals surface area contributed by atoms with Gasteiger partial charge in [0, 0.05) is 21.2 Å². The van der Waals surface area contributed by atoms with Gasteiger partial charge in [0.1, 0.15) is 11.1 Å². The third-order valence-corrected chi connectivity index (χ3v) is 4.76. The van der Waals surface area contributed by atoms with Gasteiger partial charge >= 0.3 is 12.1 Å². The highest BCUT2D eigenvalue weighted by atomic mass is 32.2. The van der Waals surface area contributed by atoms with Crippen LogP contribution in [-0.2, 0) is 24.0 Å². The maximum absolute atomic E-state index is 12.0. The van der Waals surface area contributed by atoms with Crippen LogP contribution in [0.2, 0.25) is 0 Å². The Bertz CT molecular complexity index is 478. The number of hydrogen-bond acceptors (Lipinski definition) is 6. The van der Waals surface area contributed by atoms with E-state index in [1.54, 1.807) is 20.8 Å². The van der Waals surface area contributed by atoms with Crippen molar-refractivity contribution in [2.24, 2.45) is 0 Å². The van der Waals surface area contributed by atoms with Crippen LogP contribution < -0.4 is 5.32 Å². The van der Waals surface area contributed by atoms with Crippen LogP contribution in [0, 0.1) is 4.78 Å². The largest absolute Gasteiger partial charge is 0.467 e. The predicted octanol–water partition coefficient (Wildman–Crippen LogP) is 1.26. The Balaban J connectivity index is 2.87. The van der Waals surface area contributed by atoms with Crippen LogP contribution in [0.3, 0.4) is 0 Å². The fourth-order valence-corrected chi connectivity index (χ4v) is 3.54. The van der Waals surface area contributed by atoms with Gasteiger partial charge in [-0.05, 0) is 33.6 Å². The quantitative estimate of drug-likeness (QED) is 0.747. The molecule has 0 atom stereocenters. The molecule has 0 aromatic heterocycles. The van der Waals surface area contributed by atoms with Gasteiger partial charge in [-0.3, -0.25) is 4.78 Å². The van der Waals surface area contributed by atoms with E-state index in [1.165, 1.54) is 7.11 Å². The number of methoxy groups -OCH3 is 1. The summed E-state index contributed by atoms with van der Waals surface area (Å²) >= 11 is 0. The molecule has 1 heterocycles. The molecule has 0 radical (unpaired) electrons. The van der Waals surface area contributed by atoms with E-state index in [1.807, 2.05) is 0 Å². The topological polar surface area (TPSA) is 106 Å². The predicted molar refractivity (Wildman–Crippen MR) is 73.9 cm³/mol. The molecule has 0 aromatic carbocycles. The molecule has 7 nitrogen and oxygen atoms in total. The molecule has 0 aliphatic carbocycles. The molecule has 0 bridgehead atoms. The summed E-state index contributed by atoms with van der Waals surface area (Å²) in [4.78, 5) is 23.8. The SMILES string of the molecule is COC(=O)C1(NC(=O)OC(C)(C)C)CCS(=N)(=O)CC1. The summed E-state index contributed by atoms with van der Waals surface area (Å²) in [6.07, 6.45) is -0.496. The lowest BCUT2D eigenvalue weighted by atomic mass is 9.92. The first-order chi connectivity index (χ1) is 9.00. The number of esters is 1. The number of alkyl carbamates (subject to hydrolysis) is 1. The van der Waals surface area contributed by atoms with Gasteiger partial charge in [-0.15, -0.1) is 0 Å². The van der Waals surface area contributed by atoms with Gasteiger partial charge in [0.05, 0.1) is 7.11 Å². The average Bonchev–Trinajstić information content (AvgIpc) is 2.29. The normalized spacial score (nSPS) is 30.4. The number of rotatable bonds is 2. The third kappa shape index (κ3) is 4.36. The Hall–Kier alpha value is -1.31. The molecule has 8 heteroatoms. The molecular formula is C12H22N2O5S. The second kappa shape index (κ2) is 5.59. The second-order valence-electron chi connectivity index (χ2n) is 5.92. The van der Waals surface area contributed by atoms with Crippen molar-refractivity contribution in [3.05, 3.63) is 0 Å².